The largest absolute Gasteiger partial charge is 0.397 e. The number of nitrogens with one attached hydrogen (secondary N) is 1. The van der Waals surface area contributed by atoms with Gasteiger partial charge in [-0.3, -0.25) is 4.79 Å². The van der Waals surface area contributed by atoms with Gasteiger partial charge >= 0.3 is 0 Å². The molecule has 18 heavy (non-hydrogen) atoms. The van der Waals surface area contributed by atoms with Crippen LogP contribution in [-0.2, 0) is 0 Å². The zero-order valence-electron chi connectivity index (χ0n) is 9.48. The van der Waals surface area contributed by atoms with E-state index in [4.69, 9.17) is 11.5 Å². The molecule has 2 rings (SSSR count). The van der Waals surface area contributed by atoms with Crippen molar-refractivity contribution in [3.8, 4) is 0 Å². The Hall–Kier alpha value is -2.56. The van der Waals surface area contributed by atoms with Gasteiger partial charge in [0.2, 0.25) is 0 Å². The normalized spacial score (nSPS) is 10.1. The van der Waals surface area contributed by atoms with Gasteiger partial charge in [-0.05, 0) is 42.5 Å². The van der Waals surface area contributed by atoms with E-state index in [1.807, 2.05) is 0 Å². The highest BCUT2D eigenvalue weighted by Gasteiger charge is 2.07. The van der Waals surface area contributed by atoms with Gasteiger partial charge in [0.15, 0.2) is 0 Å². The number of nitrogen functional groups attached to an aromatic ring is 2. The molecule has 4 nitrogen and oxygen atoms in total. The van der Waals surface area contributed by atoms with Gasteiger partial charge in [0.25, 0.3) is 5.91 Å². The van der Waals surface area contributed by atoms with Crippen molar-refractivity contribution in [2.75, 3.05) is 16.8 Å². The monoisotopic (exact) mass is 245 g/mol. The summed E-state index contributed by atoms with van der Waals surface area (Å²) in [4.78, 5) is 11.9. The Morgan fingerprint density at radius 3 is 2.28 bits per heavy atom. The number of anilines is 3. The zero-order valence-corrected chi connectivity index (χ0v) is 9.48. The van der Waals surface area contributed by atoms with Gasteiger partial charge in [-0.1, -0.05) is 0 Å². The van der Waals surface area contributed by atoms with Gasteiger partial charge in [-0.15, -0.1) is 0 Å². The van der Waals surface area contributed by atoms with Crippen molar-refractivity contribution < 1.29 is 9.18 Å². The fraction of sp³-hybridized carbons (Fsp3) is 0. The van der Waals surface area contributed by atoms with Crippen LogP contribution in [0.3, 0.4) is 0 Å². The van der Waals surface area contributed by atoms with Crippen LogP contribution in [0.5, 0.6) is 0 Å². The molecule has 1 amide bonds. The minimum absolute atomic E-state index is 0.326. The number of benzene rings is 2. The van der Waals surface area contributed by atoms with Gasteiger partial charge in [0.05, 0.1) is 11.4 Å². The van der Waals surface area contributed by atoms with Crippen LogP contribution < -0.4 is 16.8 Å². The van der Waals surface area contributed by atoms with E-state index in [2.05, 4.69) is 5.32 Å². The summed E-state index contributed by atoms with van der Waals surface area (Å²) in [5, 5.41) is 2.63. The van der Waals surface area contributed by atoms with Crippen LogP contribution in [-0.4, -0.2) is 5.91 Å². The molecule has 0 fully saturated rings. The average molecular weight is 245 g/mol. The van der Waals surface area contributed by atoms with E-state index in [0.717, 1.165) is 0 Å². The molecule has 5 N–H and O–H groups in total. The van der Waals surface area contributed by atoms with Crippen molar-refractivity contribution in [2.45, 2.75) is 0 Å². The lowest BCUT2D eigenvalue weighted by molar-refractivity contribution is 0.102. The molecule has 0 atom stereocenters. The van der Waals surface area contributed by atoms with Crippen molar-refractivity contribution in [3.05, 3.63) is 53.8 Å². The van der Waals surface area contributed by atoms with Gasteiger partial charge in [0.1, 0.15) is 5.82 Å². The van der Waals surface area contributed by atoms with E-state index in [1.165, 1.54) is 30.3 Å². The molecule has 0 radical (unpaired) electrons. The fourth-order valence-electron chi connectivity index (χ4n) is 1.45. The molecule has 92 valence electrons. The third-order valence-electron chi connectivity index (χ3n) is 2.45. The Labute approximate surface area is 103 Å². The lowest BCUT2D eigenvalue weighted by atomic mass is 10.1. The highest BCUT2D eigenvalue weighted by atomic mass is 19.1. The third-order valence-corrected chi connectivity index (χ3v) is 2.45. The SMILES string of the molecule is Nc1ccc(C(=O)Nc2ccc(F)cc2)cc1N. The Morgan fingerprint density at radius 2 is 1.67 bits per heavy atom. The van der Waals surface area contributed by atoms with Gasteiger partial charge in [-0.2, -0.15) is 0 Å². The highest BCUT2D eigenvalue weighted by Crippen LogP contribution is 2.17. The lowest BCUT2D eigenvalue weighted by Gasteiger charge is -2.07. The first-order chi connectivity index (χ1) is 8.56. The molecule has 0 bridgehead atoms. The first kappa shape index (κ1) is 11.9. The first-order valence-electron chi connectivity index (χ1n) is 5.28. The lowest BCUT2D eigenvalue weighted by Crippen LogP contribution is -2.12. The summed E-state index contributed by atoms with van der Waals surface area (Å²) < 4.78 is 12.7. The maximum Gasteiger partial charge on any atom is 0.255 e. The number of rotatable bonds is 2. The average Bonchev–Trinajstić information content (AvgIpc) is 2.35. The number of nitrogens with two attached hydrogens (primary N) is 2. The Morgan fingerprint density at radius 1 is 1.00 bits per heavy atom. The Balaban J connectivity index is 2.16. The molecule has 0 aliphatic rings. The van der Waals surface area contributed by atoms with Crippen LogP contribution in [0.1, 0.15) is 10.4 Å². The predicted molar refractivity (Wildman–Crippen MR) is 69.6 cm³/mol. The van der Waals surface area contributed by atoms with Crippen LogP contribution in [0.25, 0.3) is 0 Å². The first-order valence-corrected chi connectivity index (χ1v) is 5.28. The minimum Gasteiger partial charge on any atom is -0.397 e. The van der Waals surface area contributed by atoms with Crippen LogP contribution in [0.4, 0.5) is 21.5 Å². The number of hydrogen-bond acceptors (Lipinski definition) is 3. The molecule has 5 heteroatoms. The second-order valence-electron chi connectivity index (χ2n) is 3.80. The second kappa shape index (κ2) is 4.75. The van der Waals surface area contributed by atoms with Crippen molar-refractivity contribution in [1.82, 2.24) is 0 Å². The number of carbonyl (C=O) groups excluding carboxylic acids is 1. The molecule has 0 spiro atoms. The van der Waals surface area contributed by atoms with E-state index in [1.54, 1.807) is 12.1 Å². The summed E-state index contributed by atoms with van der Waals surface area (Å²) in [6, 6.07) is 10.1. The molecule has 0 unspecified atom stereocenters. The summed E-state index contributed by atoms with van der Waals surface area (Å²) >= 11 is 0. The van der Waals surface area contributed by atoms with Gasteiger partial charge < -0.3 is 16.8 Å². The van der Waals surface area contributed by atoms with E-state index in [0.29, 0.717) is 22.6 Å². The number of hydrogen-bond donors (Lipinski definition) is 3. The summed E-state index contributed by atoms with van der Waals surface area (Å²) in [5.41, 5.74) is 12.9. The molecular formula is C13H12FN3O. The fourth-order valence-corrected chi connectivity index (χ4v) is 1.45. The summed E-state index contributed by atoms with van der Waals surface area (Å²) in [7, 11) is 0. The molecule has 0 saturated heterocycles. The minimum atomic E-state index is -0.357. The van der Waals surface area contributed by atoms with Gasteiger partial charge in [0, 0.05) is 11.3 Å². The summed E-state index contributed by atoms with van der Waals surface area (Å²) in [6.45, 7) is 0. The Bertz CT molecular complexity index is 581. The van der Waals surface area contributed by atoms with Crippen molar-refractivity contribution in [1.29, 1.82) is 0 Å². The number of amides is 1. The topological polar surface area (TPSA) is 81.1 Å². The highest BCUT2D eigenvalue weighted by molar-refractivity contribution is 6.05. The van der Waals surface area contributed by atoms with Gasteiger partial charge in [-0.25, -0.2) is 4.39 Å². The quantitative estimate of drug-likeness (QED) is 0.710. The third kappa shape index (κ3) is 2.57. The van der Waals surface area contributed by atoms with E-state index in [-0.39, 0.29) is 11.7 Å². The van der Waals surface area contributed by atoms with E-state index < -0.39 is 0 Å². The van der Waals surface area contributed by atoms with E-state index >= 15 is 0 Å². The predicted octanol–water partition coefficient (Wildman–Crippen LogP) is 2.24. The standard InChI is InChI=1S/C13H12FN3O/c14-9-2-4-10(5-3-9)17-13(18)8-1-6-11(15)12(16)7-8/h1-7H,15-16H2,(H,17,18). The Kier molecular flexibility index (Phi) is 3.14. The number of carbonyl (C=O) groups is 1. The van der Waals surface area contributed by atoms with Crippen LogP contribution in [0.2, 0.25) is 0 Å². The smallest absolute Gasteiger partial charge is 0.255 e. The molecular weight excluding hydrogens is 233 g/mol. The van der Waals surface area contributed by atoms with Crippen molar-refractivity contribution >= 4 is 23.0 Å². The molecule has 0 saturated carbocycles. The molecule has 0 heterocycles. The molecule has 2 aromatic carbocycles. The number of halogens is 1. The maximum absolute atomic E-state index is 12.7. The van der Waals surface area contributed by atoms with Crippen molar-refractivity contribution in [2.24, 2.45) is 0 Å². The van der Waals surface area contributed by atoms with Crippen LogP contribution >= 0.6 is 0 Å². The molecule has 2 aromatic rings. The molecule has 0 aliphatic carbocycles. The zero-order chi connectivity index (χ0) is 13.1. The molecule has 0 aromatic heterocycles. The second-order valence-corrected chi connectivity index (χ2v) is 3.80. The maximum atomic E-state index is 12.7. The molecule has 0 aliphatic heterocycles. The van der Waals surface area contributed by atoms with E-state index in [9.17, 15) is 9.18 Å². The van der Waals surface area contributed by atoms with Crippen LogP contribution in [0, 0.1) is 5.82 Å². The van der Waals surface area contributed by atoms with Crippen LogP contribution in [0.15, 0.2) is 42.5 Å². The summed E-state index contributed by atoms with van der Waals surface area (Å²) in [6.07, 6.45) is 0. The van der Waals surface area contributed by atoms with Crippen molar-refractivity contribution in [3.63, 3.8) is 0 Å². The summed E-state index contributed by atoms with van der Waals surface area (Å²) in [5.74, 6) is -0.682.